The molecular formula is C22H26N4. The van der Waals surface area contributed by atoms with Crippen molar-refractivity contribution in [3.05, 3.63) is 83.7 Å². The van der Waals surface area contributed by atoms with Crippen molar-refractivity contribution in [2.24, 2.45) is 11.7 Å². The Kier molecular flexibility index (Phi) is 4.87. The van der Waals surface area contributed by atoms with Crippen LogP contribution in [-0.2, 0) is 6.54 Å². The highest BCUT2D eigenvalue weighted by atomic mass is 15.3. The van der Waals surface area contributed by atoms with E-state index in [-0.39, 0.29) is 0 Å². The van der Waals surface area contributed by atoms with E-state index >= 15 is 0 Å². The molecule has 0 amide bonds. The van der Waals surface area contributed by atoms with Crippen LogP contribution < -0.4 is 5.73 Å². The van der Waals surface area contributed by atoms with Gasteiger partial charge in [-0.2, -0.15) is 5.10 Å². The molecule has 2 heterocycles. The summed E-state index contributed by atoms with van der Waals surface area (Å²) >= 11 is 0. The lowest BCUT2D eigenvalue weighted by Crippen LogP contribution is -2.24. The lowest BCUT2D eigenvalue weighted by atomic mass is 9.89. The maximum atomic E-state index is 6.09. The molecule has 1 aromatic heterocycles. The van der Waals surface area contributed by atoms with E-state index in [0.29, 0.717) is 11.8 Å². The normalized spacial score (nSPS) is 20.5. The Bertz CT molecular complexity index is 855. The van der Waals surface area contributed by atoms with Gasteiger partial charge in [-0.3, -0.25) is 4.90 Å². The molecule has 2 N–H and O–H groups in total. The third-order valence-corrected chi connectivity index (χ3v) is 5.50. The molecule has 1 aliphatic rings. The fourth-order valence-electron chi connectivity index (χ4n) is 4.10. The maximum absolute atomic E-state index is 6.09. The lowest BCUT2D eigenvalue weighted by molar-refractivity contribution is 0.310. The van der Waals surface area contributed by atoms with Gasteiger partial charge in [0.2, 0.25) is 0 Å². The summed E-state index contributed by atoms with van der Waals surface area (Å²) in [6, 6.07) is 21.3. The van der Waals surface area contributed by atoms with Crippen molar-refractivity contribution in [3.63, 3.8) is 0 Å². The number of nitrogens with zero attached hydrogens (tertiary/aromatic N) is 3. The van der Waals surface area contributed by atoms with Crippen molar-refractivity contribution in [1.29, 1.82) is 0 Å². The van der Waals surface area contributed by atoms with Gasteiger partial charge in [0.25, 0.3) is 0 Å². The van der Waals surface area contributed by atoms with E-state index in [4.69, 9.17) is 5.73 Å². The molecule has 0 saturated carbocycles. The van der Waals surface area contributed by atoms with Gasteiger partial charge < -0.3 is 5.73 Å². The van der Waals surface area contributed by atoms with Crippen LogP contribution in [0.2, 0.25) is 0 Å². The number of para-hydroxylation sites is 1. The minimum atomic E-state index is 0.507. The predicted molar refractivity (Wildman–Crippen MR) is 105 cm³/mol. The predicted octanol–water partition coefficient (Wildman–Crippen LogP) is 3.36. The molecule has 4 rings (SSSR count). The van der Waals surface area contributed by atoms with Crippen molar-refractivity contribution in [2.45, 2.75) is 19.4 Å². The number of hydrogen-bond acceptors (Lipinski definition) is 3. The van der Waals surface area contributed by atoms with Crippen LogP contribution in [0, 0.1) is 12.8 Å². The summed E-state index contributed by atoms with van der Waals surface area (Å²) in [4.78, 5) is 2.51. The maximum Gasteiger partial charge on any atom is 0.0678 e. The Labute approximate surface area is 155 Å². The first kappa shape index (κ1) is 17.0. The van der Waals surface area contributed by atoms with E-state index in [9.17, 15) is 0 Å². The second kappa shape index (κ2) is 7.44. The Morgan fingerprint density at radius 3 is 2.54 bits per heavy atom. The van der Waals surface area contributed by atoms with Crippen molar-refractivity contribution in [1.82, 2.24) is 14.7 Å². The van der Waals surface area contributed by atoms with Crippen LogP contribution >= 0.6 is 0 Å². The highest BCUT2D eigenvalue weighted by molar-refractivity contribution is 5.40. The highest BCUT2D eigenvalue weighted by Crippen LogP contribution is 2.33. The van der Waals surface area contributed by atoms with Crippen molar-refractivity contribution < 1.29 is 0 Å². The minimum Gasteiger partial charge on any atom is -0.330 e. The third kappa shape index (κ3) is 3.30. The van der Waals surface area contributed by atoms with E-state index in [1.165, 1.54) is 16.8 Å². The first-order chi connectivity index (χ1) is 12.8. The SMILES string of the molecule is Cc1ccccc1-n1nccc1CN1C[C@@H](CN)[C@H](c2ccccc2)C1. The Morgan fingerprint density at radius 1 is 1.00 bits per heavy atom. The summed E-state index contributed by atoms with van der Waals surface area (Å²) in [5, 5.41) is 4.57. The van der Waals surface area contributed by atoms with Gasteiger partial charge in [0.15, 0.2) is 0 Å². The molecule has 0 bridgehead atoms. The molecule has 3 aromatic rings. The van der Waals surface area contributed by atoms with E-state index in [2.05, 4.69) is 82.3 Å². The van der Waals surface area contributed by atoms with E-state index in [1.807, 2.05) is 6.20 Å². The molecule has 1 saturated heterocycles. The van der Waals surface area contributed by atoms with E-state index in [1.54, 1.807) is 0 Å². The van der Waals surface area contributed by atoms with Crippen LogP contribution in [0.1, 0.15) is 22.7 Å². The molecule has 4 nitrogen and oxygen atoms in total. The molecular weight excluding hydrogens is 320 g/mol. The second-order valence-corrected chi connectivity index (χ2v) is 7.23. The van der Waals surface area contributed by atoms with Crippen LogP contribution in [0.5, 0.6) is 0 Å². The van der Waals surface area contributed by atoms with Gasteiger partial charge in [-0.1, -0.05) is 48.5 Å². The molecule has 0 radical (unpaired) electrons. The molecule has 26 heavy (non-hydrogen) atoms. The van der Waals surface area contributed by atoms with Crippen LogP contribution in [0.25, 0.3) is 5.69 Å². The van der Waals surface area contributed by atoms with Crippen molar-refractivity contribution >= 4 is 0 Å². The van der Waals surface area contributed by atoms with Gasteiger partial charge in [-0.15, -0.1) is 0 Å². The average molecular weight is 346 g/mol. The van der Waals surface area contributed by atoms with Crippen LogP contribution in [-0.4, -0.2) is 34.3 Å². The van der Waals surface area contributed by atoms with Crippen molar-refractivity contribution in [2.75, 3.05) is 19.6 Å². The smallest absolute Gasteiger partial charge is 0.0678 e. The number of likely N-dealkylation sites (tertiary alicyclic amines) is 1. The molecule has 1 aliphatic heterocycles. The molecule has 134 valence electrons. The zero-order valence-corrected chi connectivity index (χ0v) is 15.3. The van der Waals surface area contributed by atoms with Gasteiger partial charge in [-0.25, -0.2) is 4.68 Å². The number of aromatic nitrogens is 2. The molecule has 2 aromatic carbocycles. The summed E-state index contributed by atoms with van der Waals surface area (Å²) in [6.07, 6.45) is 1.90. The summed E-state index contributed by atoms with van der Waals surface area (Å²) in [5.41, 5.74) is 11.1. The largest absolute Gasteiger partial charge is 0.330 e. The van der Waals surface area contributed by atoms with Gasteiger partial charge in [-0.05, 0) is 42.6 Å². The fourth-order valence-corrected chi connectivity index (χ4v) is 4.10. The quantitative estimate of drug-likeness (QED) is 0.771. The van der Waals surface area contributed by atoms with Crippen LogP contribution in [0.15, 0.2) is 66.9 Å². The topological polar surface area (TPSA) is 47.1 Å². The van der Waals surface area contributed by atoms with Gasteiger partial charge in [0, 0.05) is 31.7 Å². The monoisotopic (exact) mass is 346 g/mol. The fraction of sp³-hybridized carbons (Fsp3) is 0.318. The number of benzene rings is 2. The number of rotatable bonds is 5. The summed E-state index contributed by atoms with van der Waals surface area (Å²) in [5.74, 6) is 1.02. The summed E-state index contributed by atoms with van der Waals surface area (Å²) in [7, 11) is 0. The number of nitrogens with two attached hydrogens (primary N) is 1. The van der Waals surface area contributed by atoms with Crippen LogP contribution in [0.4, 0.5) is 0 Å². The molecule has 4 heteroatoms. The van der Waals surface area contributed by atoms with Gasteiger partial charge >= 0.3 is 0 Å². The molecule has 0 aliphatic carbocycles. The number of aryl methyl sites for hydroxylation is 1. The Balaban J connectivity index is 1.54. The Morgan fingerprint density at radius 2 is 1.77 bits per heavy atom. The first-order valence-corrected chi connectivity index (χ1v) is 9.32. The van der Waals surface area contributed by atoms with Gasteiger partial charge in [0.1, 0.15) is 0 Å². The minimum absolute atomic E-state index is 0.507. The highest BCUT2D eigenvalue weighted by Gasteiger charge is 2.33. The molecule has 2 atom stereocenters. The first-order valence-electron chi connectivity index (χ1n) is 9.32. The van der Waals surface area contributed by atoms with Crippen molar-refractivity contribution in [3.8, 4) is 5.69 Å². The molecule has 0 spiro atoms. The second-order valence-electron chi connectivity index (χ2n) is 7.23. The average Bonchev–Trinajstić information content (AvgIpc) is 3.30. The molecule has 1 fully saturated rings. The lowest BCUT2D eigenvalue weighted by Gasteiger charge is -2.18. The molecule has 0 unspecified atom stereocenters. The standard InChI is InChI=1S/C22H26N4/c1-17-7-5-6-10-22(17)26-20(11-12-24-26)15-25-14-19(13-23)21(16-25)18-8-3-2-4-9-18/h2-12,19,21H,13-16,23H2,1H3/t19-,21+/m1/s1. The number of hydrogen-bond donors (Lipinski definition) is 1. The zero-order chi connectivity index (χ0) is 17.9. The van der Waals surface area contributed by atoms with E-state index in [0.717, 1.165) is 31.9 Å². The van der Waals surface area contributed by atoms with Gasteiger partial charge in [0.05, 0.1) is 11.4 Å². The third-order valence-electron chi connectivity index (χ3n) is 5.50. The van der Waals surface area contributed by atoms with Crippen LogP contribution in [0.3, 0.4) is 0 Å². The zero-order valence-electron chi connectivity index (χ0n) is 15.3. The summed E-state index contributed by atoms with van der Waals surface area (Å²) in [6.45, 7) is 5.84. The Hall–Kier alpha value is -2.43. The van der Waals surface area contributed by atoms with E-state index < -0.39 is 0 Å². The summed E-state index contributed by atoms with van der Waals surface area (Å²) < 4.78 is 2.07.